The molecule has 0 amide bonds. The zero-order valence-corrected chi connectivity index (χ0v) is 12.5. The molecule has 0 fully saturated rings. The molecule has 0 aliphatic heterocycles. The number of methoxy groups -OCH3 is 1. The Hall–Kier alpha value is -1.98. The van der Waals surface area contributed by atoms with Crippen molar-refractivity contribution < 1.29 is 14.6 Å². The summed E-state index contributed by atoms with van der Waals surface area (Å²) in [4.78, 5) is 12.6. The van der Waals surface area contributed by atoms with Gasteiger partial charge in [0.15, 0.2) is 5.60 Å². The number of carboxylic acids is 1. The van der Waals surface area contributed by atoms with E-state index in [1.54, 1.807) is 30.3 Å². The fourth-order valence-corrected chi connectivity index (χ4v) is 3.21. The van der Waals surface area contributed by atoms with E-state index < -0.39 is 11.6 Å². The number of nitrogens with two attached hydrogens (primary N) is 1. The molecule has 0 saturated heterocycles. The molecule has 0 aliphatic carbocycles. The average molecular weight is 303 g/mol. The van der Waals surface area contributed by atoms with Crippen LogP contribution in [0.25, 0.3) is 0 Å². The van der Waals surface area contributed by atoms with Crippen molar-refractivity contribution in [2.45, 2.75) is 10.5 Å². The lowest BCUT2D eigenvalue weighted by atomic mass is 9.96. The SMILES string of the molecule is COC(CSc1ccccc1N)(C(=O)O)c1ccccc1. The number of carbonyl (C=O) groups is 1. The maximum Gasteiger partial charge on any atom is 0.341 e. The predicted octanol–water partition coefficient (Wildman–Crippen LogP) is 2.99. The Kier molecular flexibility index (Phi) is 4.88. The summed E-state index contributed by atoms with van der Waals surface area (Å²) in [6.07, 6.45) is 0. The molecule has 2 aromatic carbocycles. The van der Waals surface area contributed by atoms with Crippen molar-refractivity contribution in [3.63, 3.8) is 0 Å². The van der Waals surface area contributed by atoms with Crippen molar-refractivity contribution in [3.8, 4) is 0 Å². The highest BCUT2D eigenvalue weighted by molar-refractivity contribution is 7.99. The third-order valence-electron chi connectivity index (χ3n) is 3.28. The van der Waals surface area contributed by atoms with Crippen LogP contribution in [0.4, 0.5) is 5.69 Å². The van der Waals surface area contributed by atoms with Gasteiger partial charge in [-0.05, 0) is 17.7 Å². The van der Waals surface area contributed by atoms with Crippen LogP contribution < -0.4 is 5.73 Å². The molecule has 0 spiro atoms. The van der Waals surface area contributed by atoms with Gasteiger partial charge in [0.05, 0.1) is 0 Å². The van der Waals surface area contributed by atoms with Crippen molar-refractivity contribution >= 4 is 23.4 Å². The van der Waals surface area contributed by atoms with Gasteiger partial charge in [0, 0.05) is 23.4 Å². The summed E-state index contributed by atoms with van der Waals surface area (Å²) in [5.41, 5.74) is 5.75. The second-order valence-corrected chi connectivity index (χ2v) is 5.55. The summed E-state index contributed by atoms with van der Waals surface area (Å²) in [7, 11) is 1.41. The number of nitrogen functional groups attached to an aromatic ring is 1. The van der Waals surface area contributed by atoms with Crippen LogP contribution in [0.2, 0.25) is 0 Å². The van der Waals surface area contributed by atoms with Crippen LogP contribution in [0.5, 0.6) is 0 Å². The minimum Gasteiger partial charge on any atom is -0.479 e. The van der Waals surface area contributed by atoms with Crippen LogP contribution in [0, 0.1) is 0 Å². The maximum atomic E-state index is 11.8. The van der Waals surface area contributed by atoms with Gasteiger partial charge >= 0.3 is 5.97 Å². The topological polar surface area (TPSA) is 72.5 Å². The van der Waals surface area contributed by atoms with E-state index in [1.807, 2.05) is 24.3 Å². The quantitative estimate of drug-likeness (QED) is 0.634. The van der Waals surface area contributed by atoms with E-state index in [9.17, 15) is 9.90 Å². The largest absolute Gasteiger partial charge is 0.479 e. The van der Waals surface area contributed by atoms with Gasteiger partial charge in [0.1, 0.15) is 0 Å². The zero-order valence-electron chi connectivity index (χ0n) is 11.7. The summed E-state index contributed by atoms with van der Waals surface area (Å²) >= 11 is 1.37. The first-order valence-electron chi connectivity index (χ1n) is 6.41. The molecule has 110 valence electrons. The van der Waals surface area contributed by atoms with Crippen LogP contribution in [-0.2, 0) is 15.1 Å². The number of para-hydroxylation sites is 1. The monoisotopic (exact) mass is 303 g/mol. The standard InChI is InChI=1S/C16H17NO3S/c1-20-16(15(18)19,12-7-3-2-4-8-12)11-21-14-10-6-5-9-13(14)17/h2-10H,11,17H2,1H3,(H,18,19). The Bertz CT molecular complexity index is 618. The molecule has 0 bridgehead atoms. The summed E-state index contributed by atoms with van der Waals surface area (Å²) in [5.74, 6) is -0.782. The number of ether oxygens (including phenoxy) is 1. The van der Waals surface area contributed by atoms with Gasteiger partial charge < -0.3 is 15.6 Å². The fourth-order valence-electron chi connectivity index (χ4n) is 2.03. The highest BCUT2D eigenvalue weighted by atomic mass is 32.2. The lowest BCUT2D eigenvalue weighted by Gasteiger charge is -2.28. The second-order valence-electron chi connectivity index (χ2n) is 4.53. The van der Waals surface area contributed by atoms with Gasteiger partial charge in [-0.15, -0.1) is 11.8 Å². The van der Waals surface area contributed by atoms with Crippen LogP contribution in [0.3, 0.4) is 0 Å². The van der Waals surface area contributed by atoms with E-state index in [2.05, 4.69) is 0 Å². The lowest BCUT2D eigenvalue weighted by molar-refractivity contribution is -0.160. The maximum absolute atomic E-state index is 11.8. The zero-order chi connectivity index (χ0) is 15.3. The van der Waals surface area contributed by atoms with Crippen molar-refractivity contribution in [1.82, 2.24) is 0 Å². The molecular formula is C16H17NO3S. The predicted molar refractivity (Wildman–Crippen MR) is 84.3 cm³/mol. The number of aliphatic carboxylic acids is 1. The van der Waals surface area contributed by atoms with Gasteiger partial charge in [0.2, 0.25) is 0 Å². The van der Waals surface area contributed by atoms with Gasteiger partial charge in [-0.1, -0.05) is 42.5 Å². The Morgan fingerprint density at radius 1 is 1.19 bits per heavy atom. The minimum absolute atomic E-state index is 0.233. The van der Waals surface area contributed by atoms with Gasteiger partial charge in [-0.3, -0.25) is 0 Å². The number of benzene rings is 2. The third kappa shape index (κ3) is 3.20. The number of carboxylic acid groups (broad SMARTS) is 1. The molecule has 0 aliphatic rings. The van der Waals surface area contributed by atoms with Crippen LogP contribution in [0.15, 0.2) is 59.5 Å². The van der Waals surface area contributed by atoms with Crippen LogP contribution >= 0.6 is 11.8 Å². The van der Waals surface area contributed by atoms with E-state index in [0.717, 1.165) is 4.90 Å². The first-order chi connectivity index (χ1) is 10.1. The Morgan fingerprint density at radius 2 is 1.81 bits per heavy atom. The molecular weight excluding hydrogens is 286 g/mol. The molecule has 0 saturated carbocycles. The Balaban J connectivity index is 2.30. The lowest BCUT2D eigenvalue weighted by Crippen LogP contribution is -2.40. The molecule has 3 N–H and O–H groups in total. The highest BCUT2D eigenvalue weighted by Crippen LogP contribution is 2.34. The van der Waals surface area contributed by atoms with Gasteiger partial charge in [-0.25, -0.2) is 4.79 Å². The van der Waals surface area contributed by atoms with Crippen molar-refractivity contribution in [2.75, 3.05) is 18.6 Å². The van der Waals surface area contributed by atoms with Crippen molar-refractivity contribution in [3.05, 3.63) is 60.2 Å². The van der Waals surface area contributed by atoms with Crippen molar-refractivity contribution in [2.24, 2.45) is 0 Å². The molecule has 2 rings (SSSR count). The summed E-state index contributed by atoms with van der Waals surface area (Å²) in [6.45, 7) is 0. The molecule has 0 aromatic heterocycles. The molecule has 21 heavy (non-hydrogen) atoms. The molecule has 1 unspecified atom stereocenters. The summed E-state index contributed by atoms with van der Waals surface area (Å²) < 4.78 is 5.39. The Labute approximate surface area is 127 Å². The fraction of sp³-hybridized carbons (Fsp3) is 0.188. The number of hydrogen-bond acceptors (Lipinski definition) is 4. The van der Waals surface area contributed by atoms with E-state index in [1.165, 1.54) is 18.9 Å². The van der Waals surface area contributed by atoms with E-state index in [0.29, 0.717) is 11.3 Å². The Morgan fingerprint density at radius 3 is 2.38 bits per heavy atom. The van der Waals surface area contributed by atoms with Crippen LogP contribution in [-0.4, -0.2) is 23.9 Å². The first kappa shape index (κ1) is 15.4. The van der Waals surface area contributed by atoms with Crippen molar-refractivity contribution in [1.29, 1.82) is 0 Å². The van der Waals surface area contributed by atoms with Gasteiger partial charge in [-0.2, -0.15) is 0 Å². The second kappa shape index (κ2) is 6.65. The molecule has 2 aromatic rings. The molecule has 5 heteroatoms. The number of thioether (sulfide) groups is 1. The van der Waals surface area contributed by atoms with E-state index in [4.69, 9.17) is 10.5 Å². The summed E-state index contributed by atoms with van der Waals surface area (Å²) in [6, 6.07) is 16.3. The molecule has 0 heterocycles. The van der Waals surface area contributed by atoms with Gasteiger partial charge in [0.25, 0.3) is 0 Å². The molecule has 1 atom stereocenters. The molecule has 0 radical (unpaired) electrons. The smallest absolute Gasteiger partial charge is 0.341 e. The van der Waals surface area contributed by atoms with Crippen LogP contribution in [0.1, 0.15) is 5.56 Å². The first-order valence-corrected chi connectivity index (χ1v) is 7.40. The van der Waals surface area contributed by atoms with E-state index >= 15 is 0 Å². The number of rotatable bonds is 6. The number of anilines is 1. The molecule has 4 nitrogen and oxygen atoms in total. The summed E-state index contributed by atoms with van der Waals surface area (Å²) in [5, 5.41) is 9.65. The normalized spacial score (nSPS) is 13.6. The highest BCUT2D eigenvalue weighted by Gasteiger charge is 2.40. The van der Waals surface area contributed by atoms with E-state index in [-0.39, 0.29) is 5.75 Å². The minimum atomic E-state index is -1.39. The average Bonchev–Trinajstić information content (AvgIpc) is 2.51. The third-order valence-corrected chi connectivity index (χ3v) is 4.52. The number of hydrogen-bond donors (Lipinski definition) is 2.